The summed E-state index contributed by atoms with van der Waals surface area (Å²) in [5.41, 5.74) is 2.66. The van der Waals surface area contributed by atoms with Gasteiger partial charge in [-0.05, 0) is 30.7 Å². The van der Waals surface area contributed by atoms with Crippen LogP contribution in [-0.2, 0) is 0 Å². The Kier molecular flexibility index (Phi) is 3.31. The molecule has 0 fully saturated rings. The molecule has 3 aromatic rings. The number of anilines is 3. The molecule has 0 aliphatic heterocycles. The molecule has 7 nitrogen and oxygen atoms in total. The van der Waals surface area contributed by atoms with Crippen LogP contribution in [0, 0.1) is 6.92 Å². The number of rotatable bonds is 4. The van der Waals surface area contributed by atoms with Crippen molar-refractivity contribution in [3.63, 3.8) is 0 Å². The van der Waals surface area contributed by atoms with Crippen molar-refractivity contribution in [2.45, 2.75) is 6.92 Å². The number of hydrogen-bond donors (Lipinski definition) is 3. The molecule has 0 saturated heterocycles. The maximum Gasteiger partial charge on any atom is 0.226 e. The molecule has 2 heterocycles. The lowest BCUT2D eigenvalue weighted by Gasteiger charge is -2.10. The quantitative estimate of drug-likeness (QED) is 0.682. The first-order chi connectivity index (χ1) is 10.2. The Morgan fingerprint density at radius 3 is 2.81 bits per heavy atom. The highest BCUT2D eigenvalue weighted by Crippen LogP contribution is 2.27. The number of methoxy groups -OCH3 is 1. The zero-order valence-electron chi connectivity index (χ0n) is 12.1. The molecule has 3 rings (SSSR count). The van der Waals surface area contributed by atoms with Gasteiger partial charge in [0.05, 0.1) is 18.7 Å². The van der Waals surface area contributed by atoms with E-state index in [1.54, 1.807) is 20.4 Å². The highest BCUT2D eigenvalue weighted by atomic mass is 16.5. The van der Waals surface area contributed by atoms with Crippen LogP contribution in [0.25, 0.3) is 11.0 Å². The Bertz CT molecular complexity index is 782. The van der Waals surface area contributed by atoms with Crippen molar-refractivity contribution in [1.29, 1.82) is 0 Å². The van der Waals surface area contributed by atoms with Crippen molar-refractivity contribution in [2.75, 3.05) is 24.8 Å². The molecule has 0 spiro atoms. The summed E-state index contributed by atoms with van der Waals surface area (Å²) in [5.74, 6) is 2.08. The third-order valence-corrected chi connectivity index (χ3v) is 3.19. The second-order valence-corrected chi connectivity index (χ2v) is 4.59. The Morgan fingerprint density at radius 2 is 2.10 bits per heavy atom. The molecule has 108 valence electrons. The van der Waals surface area contributed by atoms with Gasteiger partial charge in [-0.15, -0.1) is 0 Å². The number of benzene rings is 1. The highest BCUT2D eigenvalue weighted by molar-refractivity contribution is 5.89. The van der Waals surface area contributed by atoms with Crippen LogP contribution in [0.4, 0.5) is 17.5 Å². The number of fused-ring (bicyclic) bond motifs is 1. The first kappa shape index (κ1) is 13.2. The van der Waals surface area contributed by atoms with Crippen molar-refractivity contribution in [2.24, 2.45) is 0 Å². The van der Waals surface area contributed by atoms with Crippen LogP contribution in [0.15, 0.2) is 24.4 Å². The van der Waals surface area contributed by atoms with E-state index in [2.05, 4.69) is 30.8 Å². The molecule has 2 aromatic heterocycles. The van der Waals surface area contributed by atoms with Gasteiger partial charge in [0.15, 0.2) is 5.65 Å². The molecule has 0 unspecified atom stereocenters. The number of ether oxygens (including phenoxy) is 1. The predicted octanol–water partition coefficient (Wildman–Crippen LogP) is 2.46. The molecule has 0 radical (unpaired) electrons. The van der Waals surface area contributed by atoms with Gasteiger partial charge >= 0.3 is 0 Å². The molecule has 0 aliphatic carbocycles. The van der Waals surface area contributed by atoms with Crippen molar-refractivity contribution in [3.05, 3.63) is 30.0 Å². The van der Waals surface area contributed by atoms with E-state index in [4.69, 9.17) is 4.74 Å². The van der Waals surface area contributed by atoms with Crippen LogP contribution in [0.2, 0.25) is 0 Å². The first-order valence-corrected chi connectivity index (χ1v) is 6.52. The van der Waals surface area contributed by atoms with Gasteiger partial charge in [0, 0.05) is 12.7 Å². The number of aryl methyl sites for hydroxylation is 1. The molecule has 7 heteroatoms. The van der Waals surface area contributed by atoms with E-state index < -0.39 is 0 Å². The van der Waals surface area contributed by atoms with Crippen molar-refractivity contribution in [1.82, 2.24) is 20.2 Å². The monoisotopic (exact) mass is 284 g/mol. The lowest BCUT2D eigenvalue weighted by Crippen LogP contribution is -2.01. The molecule has 0 bridgehead atoms. The lowest BCUT2D eigenvalue weighted by atomic mass is 10.2. The van der Waals surface area contributed by atoms with Gasteiger partial charge in [-0.1, -0.05) is 0 Å². The second-order valence-electron chi connectivity index (χ2n) is 4.59. The minimum atomic E-state index is 0.527. The molecule has 0 aliphatic rings. The topological polar surface area (TPSA) is 87.8 Å². The third kappa shape index (κ3) is 2.45. The van der Waals surface area contributed by atoms with Crippen LogP contribution >= 0.6 is 0 Å². The average molecular weight is 284 g/mol. The zero-order valence-corrected chi connectivity index (χ0v) is 12.1. The maximum atomic E-state index is 5.27. The molecule has 0 atom stereocenters. The number of nitrogens with one attached hydrogen (secondary N) is 3. The molecule has 0 saturated carbocycles. The van der Waals surface area contributed by atoms with Crippen LogP contribution in [0.1, 0.15) is 5.56 Å². The standard InChI is InChI=1S/C14H16N6O/c1-8-6-9(4-5-11(8)21-3)17-12-10-7-16-20-13(10)19-14(15-2)18-12/h4-7H,1-3H3,(H3,15,16,17,18,19,20). The smallest absolute Gasteiger partial charge is 0.226 e. The van der Waals surface area contributed by atoms with Crippen molar-refractivity contribution in [3.8, 4) is 5.75 Å². The molecule has 0 amide bonds. The summed E-state index contributed by atoms with van der Waals surface area (Å²) in [6.45, 7) is 2.00. The Morgan fingerprint density at radius 1 is 1.24 bits per heavy atom. The number of aromatic nitrogens is 4. The summed E-state index contributed by atoms with van der Waals surface area (Å²) < 4.78 is 5.27. The van der Waals surface area contributed by atoms with E-state index >= 15 is 0 Å². The highest BCUT2D eigenvalue weighted by Gasteiger charge is 2.09. The molecular formula is C14H16N6O. The minimum Gasteiger partial charge on any atom is -0.496 e. The van der Waals surface area contributed by atoms with Gasteiger partial charge in [-0.25, -0.2) is 0 Å². The normalized spacial score (nSPS) is 10.6. The van der Waals surface area contributed by atoms with Gasteiger partial charge in [0.25, 0.3) is 0 Å². The van der Waals surface area contributed by atoms with Gasteiger partial charge < -0.3 is 15.4 Å². The van der Waals surface area contributed by atoms with Gasteiger partial charge in [-0.3, -0.25) is 5.10 Å². The fourth-order valence-corrected chi connectivity index (χ4v) is 2.13. The van der Waals surface area contributed by atoms with Gasteiger partial charge in [0.2, 0.25) is 5.95 Å². The van der Waals surface area contributed by atoms with E-state index in [9.17, 15) is 0 Å². The van der Waals surface area contributed by atoms with Crippen LogP contribution in [-0.4, -0.2) is 34.3 Å². The number of H-pyrrole nitrogens is 1. The summed E-state index contributed by atoms with van der Waals surface area (Å²) in [6, 6.07) is 5.87. The Labute approximate surface area is 121 Å². The van der Waals surface area contributed by atoms with Crippen molar-refractivity contribution >= 4 is 28.5 Å². The van der Waals surface area contributed by atoms with E-state index in [1.165, 1.54) is 0 Å². The van der Waals surface area contributed by atoms with Gasteiger partial charge in [-0.2, -0.15) is 15.1 Å². The second kappa shape index (κ2) is 5.28. The maximum absolute atomic E-state index is 5.27. The Hall–Kier alpha value is -2.83. The first-order valence-electron chi connectivity index (χ1n) is 6.52. The van der Waals surface area contributed by atoms with Crippen molar-refractivity contribution < 1.29 is 4.74 Å². The molecule has 1 aromatic carbocycles. The zero-order chi connectivity index (χ0) is 14.8. The van der Waals surface area contributed by atoms with Crippen LogP contribution in [0.3, 0.4) is 0 Å². The van der Waals surface area contributed by atoms with Crippen LogP contribution in [0.5, 0.6) is 5.75 Å². The van der Waals surface area contributed by atoms with Crippen LogP contribution < -0.4 is 15.4 Å². The summed E-state index contributed by atoms with van der Waals surface area (Å²) in [7, 11) is 3.44. The van der Waals surface area contributed by atoms with E-state index in [0.29, 0.717) is 17.4 Å². The summed E-state index contributed by atoms with van der Waals surface area (Å²) >= 11 is 0. The van der Waals surface area contributed by atoms with E-state index in [0.717, 1.165) is 22.4 Å². The summed E-state index contributed by atoms with van der Waals surface area (Å²) in [6.07, 6.45) is 1.70. The molecule has 21 heavy (non-hydrogen) atoms. The summed E-state index contributed by atoms with van der Waals surface area (Å²) in [4.78, 5) is 8.74. The number of hydrogen-bond acceptors (Lipinski definition) is 6. The Balaban J connectivity index is 2.01. The fourth-order valence-electron chi connectivity index (χ4n) is 2.13. The molecular weight excluding hydrogens is 268 g/mol. The predicted molar refractivity (Wildman–Crippen MR) is 82.2 cm³/mol. The average Bonchev–Trinajstić information content (AvgIpc) is 2.96. The largest absolute Gasteiger partial charge is 0.496 e. The summed E-state index contributed by atoms with van der Waals surface area (Å²) in [5, 5.41) is 13.9. The molecule has 3 N–H and O–H groups in total. The fraction of sp³-hybridized carbons (Fsp3) is 0.214. The van der Waals surface area contributed by atoms with Gasteiger partial charge in [0.1, 0.15) is 11.6 Å². The minimum absolute atomic E-state index is 0.527. The van der Waals surface area contributed by atoms with E-state index in [-0.39, 0.29) is 0 Å². The van der Waals surface area contributed by atoms with E-state index in [1.807, 2.05) is 25.1 Å². The number of nitrogens with zero attached hydrogens (tertiary/aromatic N) is 3. The SMILES string of the molecule is CNc1nc(Nc2ccc(OC)c(C)c2)c2cn[nH]c2n1. The number of aromatic amines is 1. The lowest BCUT2D eigenvalue weighted by molar-refractivity contribution is 0.412. The third-order valence-electron chi connectivity index (χ3n) is 3.19.